The molecule has 0 saturated carbocycles. The highest BCUT2D eigenvalue weighted by atomic mass is 19.4. The Morgan fingerprint density at radius 3 is 2.12 bits per heavy atom. The highest BCUT2D eigenvalue weighted by Gasteiger charge is 2.32. The van der Waals surface area contributed by atoms with Crippen LogP contribution >= 0.6 is 0 Å². The van der Waals surface area contributed by atoms with Gasteiger partial charge < -0.3 is 5.32 Å². The Bertz CT molecular complexity index is 206. The van der Waals surface area contributed by atoms with Crippen LogP contribution in [-0.4, -0.2) is 44.3 Å². The van der Waals surface area contributed by atoms with Crippen LogP contribution < -0.4 is 5.32 Å². The molecule has 0 heterocycles. The van der Waals surface area contributed by atoms with Gasteiger partial charge in [0.2, 0.25) is 0 Å². The zero-order valence-corrected chi connectivity index (χ0v) is 11.3. The molecule has 0 spiro atoms. The summed E-state index contributed by atoms with van der Waals surface area (Å²) in [5.41, 5.74) is -0.0925. The molecule has 17 heavy (non-hydrogen) atoms. The normalized spacial score (nSPS) is 16.2. The molecule has 0 amide bonds. The average molecular weight is 254 g/mol. The second-order valence-electron chi connectivity index (χ2n) is 5.13. The van der Waals surface area contributed by atoms with E-state index < -0.39 is 12.7 Å². The Kier molecular flexibility index (Phi) is 7.09. The third kappa shape index (κ3) is 8.44. The van der Waals surface area contributed by atoms with Gasteiger partial charge >= 0.3 is 6.18 Å². The molecule has 0 aromatic carbocycles. The van der Waals surface area contributed by atoms with Gasteiger partial charge in [-0.1, -0.05) is 27.2 Å². The lowest BCUT2D eigenvalue weighted by atomic mass is 9.85. The van der Waals surface area contributed by atoms with Crippen LogP contribution in [0.2, 0.25) is 0 Å². The molecule has 5 heteroatoms. The average Bonchev–Trinajstić information content (AvgIpc) is 2.11. The van der Waals surface area contributed by atoms with Gasteiger partial charge in [-0.2, -0.15) is 13.2 Å². The van der Waals surface area contributed by atoms with E-state index in [1.54, 1.807) is 0 Å². The van der Waals surface area contributed by atoms with E-state index in [4.69, 9.17) is 0 Å². The lowest BCUT2D eigenvalue weighted by molar-refractivity contribution is -0.145. The van der Waals surface area contributed by atoms with Crippen LogP contribution in [0, 0.1) is 5.41 Å². The van der Waals surface area contributed by atoms with Crippen LogP contribution in [0.25, 0.3) is 0 Å². The highest BCUT2D eigenvalue weighted by Crippen LogP contribution is 2.25. The first-order valence-corrected chi connectivity index (χ1v) is 6.18. The van der Waals surface area contributed by atoms with Gasteiger partial charge in [0.1, 0.15) is 0 Å². The number of nitrogens with zero attached hydrogens (tertiary/aromatic N) is 1. The van der Waals surface area contributed by atoms with E-state index in [1.165, 1.54) is 11.9 Å². The Morgan fingerprint density at radius 1 is 1.12 bits per heavy atom. The summed E-state index contributed by atoms with van der Waals surface area (Å²) in [6.45, 7) is 7.36. The summed E-state index contributed by atoms with van der Waals surface area (Å²) in [5.74, 6) is 0. The summed E-state index contributed by atoms with van der Waals surface area (Å²) in [7, 11) is 1.54. The number of halogens is 3. The van der Waals surface area contributed by atoms with Crippen molar-refractivity contribution in [2.45, 2.75) is 39.8 Å². The Morgan fingerprint density at radius 2 is 1.71 bits per heavy atom. The molecule has 0 aliphatic carbocycles. The van der Waals surface area contributed by atoms with Crippen molar-refractivity contribution in [1.82, 2.24) is 10.2 Å². The van der Waals surface area contributed by atoms with Crippen LogP contribution in [0.5, 0.6) is 0 Å². The fraction of sp³-hybridized carbons (Fsp3) is 1.00. The van der Waals surface area contributed by atoms with Gasteiger partial charge in [0.15, 0.2) is 0 Å². The van der Waals surface area contributed by atoms with Gasteiger partial charge in [0.05, 0.1) is 6.54 Å². The minimum atomic E-state index is -4.11. The maximum atomic E-state index is 12.3. The summed E-state index contributed by atoms with van der Waals surface area (Å²) in [4.78, 5) is 1.37. The summed E-state index contributed by atoms with van der Waals surface area (Å²) < 4.78 is 36.8. The maximum Gasteiger partial charge on any atom is 0.401 e. The lowest BCUT2D eigenvalue weighted by Crippen LogP contribution is -2.43. The van der Waals surface area contributed by atoms with Crippen molar-refractivity contribution in [3.63, 3.8) is 0 Å². The van der Waals surface area contributed by atoms with E-state index in [0.717, 1.165) is 25.9 Å². The first kappa shape index (κ1) is 16.7. The monoisotopic (exact) mass is 254 g/mol. The predicted molar refractivity (Wildman–Crippen MR) is 65.1 cm³/mol. The molecule has 0 aromatic heterocycles. The molecule has 1 N–H and O–H groups in total. The van der Waals surface area contributed by atoms with Crippen LogP contribution in [0.3, 0.4) is 0 Å². The minimum Gasteiger partial charge on any atom is -0.316 e. The van der Waals surface area contributed by atoms with E-state index in [0.29, 0.717) is 6.54 Å². The molecule has 0 fully saturated rings. The zero-order valence-electron chi connectivity index (χ0n) is 11.3. The van der Waals surface area contributed by atoms with Crippen molar-refractivity contribution in [3.05, 3.63) is 0 Å². The van der Waals surface area contributed by atoms with Crippen molar-refractivity contribution < 1.29 is 13.2 Å². The molecule has 0 aliphatic heterocycles. The SMILES string of the molecule is CCCC(C)(CNCC)CN(C)CC(F)(F)F. The fourth-order valence-electron chi connectivity index (χ4n) is 2.27. The van der Waals surface area contributed by atoms with Crippen molar-refractivity contribution in [3.8, 4) is 0 Å². The largest absolute Gasteiger partial charge is 0.401 e. The lowest BCUT2D eigenvalue weighted by Gasteiger charge is -2.34. The summed E-state index contributed by atoms with van der Waals surface area (Å²) in [6, 6.07) is 0. The predicted octanol–water partition coefficient (Wildman–Crippen LogP) is 2.90. The first-order valence-electron chi connectivity index (χ1n) is 6.18. The zero-order chi connectivity index (χ0) is 13.5. The van der Waals surface area contributed by atoms with E-state index in [-0.39, 0.29) is 5.41 Å². The second-order valence-corrected chi connectivity index (χ2v) is 5.13. The summed E-state index contributed by atoms with van der Waals surface area (Å²) in [6.07, 6.45) is -2.19. The van der Waals surface area contributed by atoms with Gasteiger partial charge in [0.25, 0.3) is 0 Å². The van der Waals surface area contributed by atoms with Gasteiger partial charge in [-0.3, -0.25) is 4.90 Å². The third-order valence-electron chi connectivity index (χ3n) is 2.76. The summed E-state index contributed by atoms with van der Waals surface area (Å²) >= 11 is 0. The fourth-order valence-corrected chi connectivity index (χ4v) is 2.27. The van der Waals surface area contributed by atoms with Gasteiger partial charge in [-0.15, -0.1) is 0 Å². The maximum absolute atomic E-state index is 12.3. The molecule has 0 bridgehead atoms. The van der Waals surface area contributed by atoms with Crippen molar-refractivity contribution >= 4 is 0 Å². The van der Waals surface area contributed by atoms with Crippen molar-refractivity contribution in [2.75, 3.05) is 33.2 Å². The molecule has 1 unspecified atom stereocenters. The van der Waals surface area contributed by atoms with Crippen LogP contribution in [0.4, 0.5) is 13.2 Å². The van der Waals surface area contributed by atoms with Crippen LogP contribution in [0.15, 0.2) is 0 Å². The topological polar surface area (TPSA) is 15.3 Å². The van der Waals surface area contributed by atoms with Gasteiger partial charge in [-0.25, -0.2) is 0 Å². The van der Waals surface area contributed by atoms with E-state index >= 15 is 0 Å². The number of hydrogen-bond donors (Lipinski definition) is 1. The molecule has 2 nitrogen and oxygen atoms in total. The van der Waals surface area contributed by atoms with Crippen LogP contribution in [0.1, 0.15) is 33.6 Å². The van der Waals surface area contributed by atoms with Crippen molar-refractivity contribution in [2.24, 2.45) is 5.41 Å². The minimum absolute atomic E-state index is 0.0925. The smallest absolute Gasteiger partial charge is 0.316 e. The molecule has 0 radical (unpaired) electrons. The number of rotatable bonds is 8. The molecule has 0 rings (SSSR count). The highest BCUT2D eigenvalue weighted by molar-refractivity contribution is 4.80. The molecule has 0 saturated heterocycles. The standard InChI is InChI=1S/C12H25F3N2/c1-5-7-11(3,8-16-6-2)9-17(4)10-12(13,14)15/h16H,5-10H2,1-4H3. The Balaban J connectivity index is 4.31. The second kappa shape index (κ2) is 7.21. The number of nitrogens with one attached hydrogen (secondary N) is 1. The third-order valence-corrected chi connectivity index (χ3v) is 2.76. The van der Waals surface area contributed by atoms with Gasteiger partial charge in [-0.05, 0) is 25.4 Å². The molecule has 0 aliphatic rings. The van der Waals surface area contributed by atoms with Gasteiger partial charge in [0, 0.05) is 13.1 Å². The molecule has 1 atom stereocenters. The van der Waals surface area contributed by atoms with Crippen molar-refractivity contribution in [1.29, 1.82) is 0 Å². The quantitative estimate of drug-likeness (QED) is 0.716. The molecule has 0 aromatic rings. The van der Waals surface area contributed by atoms with E-state index in [9.17, 15) is 13.2 Å². The Labute approximate surface area is 103 Å². The summed E-state index contributed by atoms with van der Waals surface area (Å²) in [5, 5.41) is 3.23. The van der Waals surface area contributed by atoms with E-state index in [2.05, 4.69) is 12.2 Å². The van der Waals surface area contributed by atoms with E-state index in [1.807, 2.05) is 13.8 Å². The first-order chi connectivity index (χ1) is 7.72. The molecular formula is C12H25F3N2. The Hall–Kier alpha value is -0.290. The number of alkyl halides is 3. The number of hydrogen-bond acceptors (Lipinski definition) is 2. The molecular weight excluding hydrogens is 229 g/mol. The van der Waals surface area contributed by atoms with Crippen LogP contribution in [-0.2, 0) is 0 Å². The molecule has 104 valence electrons.